The average Bonchev–Trinajstić information content (AvgIpc) is 2.49. The number of benzene rings is 2. The van der Waals surface area contributed by atoms with E-state index in [1.165, 1.54) is 16.7 Å². The Morgan fingerprint density at radius 3 is 2.35 bits per heavy atom. The molecule has 2 aromatic rings. The van der Waals surface area contributed by atoms with E-state index in [4.69, 9.17) is 9.84 Å². The van der Waals surface area contributed by atoms with Crippen LogP contribution in [0.15, 0.2) is 48.5 Å². The fourth-order valence-corrected chi connectivity index (χ4v) is 2.12. The second-order valence-electron chi connectivity index (χ2n) is 4.75. The smallest absolute Gasteiger partial charge is 0.118 e. The van der Waals surface area contributed by atoms with E-state index in [1.54, 1.807) is 7.11 Å². The van der Waals surface area contributed by atoms with Gasteiger partial charge in [-0.25, -0.2) is 0 Å². The lowest BCUT2D eigenvalue weighted by Gasteiger charge is -2.07. The van der Waals surface area contributed by atoms with E-state index in [2.05, 4.69) is 29.6 Å². The molecule has 0 aliphatic carbocycles. The average molecular weight is 271 g/mol. The van der Waals surface area contributed by atoms with Crippen molar-refractivity contribution >= 4 is 0 Å². The van der Waals surface area contributed by atoms with Crippen LogP contribution in [0.4, 0.5) is 0 Å². The minimum absolute atomic E-state index is 0.197. The minimum atomic E-state index is 0.197. The first-order chi connectivity index (χ1) is 9.81. The van der Waals surface area contributed by atoms with Crippen LogP contribution in [0.3, 0.4) is 0 Å². The zero-order valence-electron chi connectivity index (χ0n) is 11.8. The minimum Gasteiger partial charge on any atom is -0.497 e. The van der Waals surface area contributed by atoms with Gasteiger partial charge in [-0.15, -0.1) is 0 Å². The maximum Gasteiger partial charge on any atom is 0.118 e. The number of hydrogen-bond donors (Lipinski definition) is 2. The van der Waals surface area contributed by atoms with Crippen molar-refractivity contribution in [1.29, 1.82) is 0 Å². The summed E-state index contributed by atoms with van der Waals surface area (Å²) in [7, 11) is 1.67. The van der Waals surface area contributed by atoms with Crippen LogP contribution in [0, 0.1) is 0 Å². The van der Waals surface area contributed by atoms with E-state index < -0.39 is 0 Å². The van der Waals surface area contributed by atoms with Crippen molar-refractivity contribution in [3.05, 3.63) is 65.2 Å². The summed E-state index contributed by atoms with van der Waals surface area (Å²) in [5, 5.41) is 12.4. The van der Waals surface area contributed by atoms with E-state index in [0.29, 0.717) is 6.42 Å². The van der Waals surface area contributed by atoms with Crippen LogP contribution in [0.25, 0.3) is 0 Å². The third-order valence-corrected chi connectivity index (χ3v) is 3.21. The van der Waals surface area contributed by atoms with E-state index in [0.717, 1.165) is 18.8 Å². The monoisotopic (exact) mass is 271 g/mol. The number of methoxy groups -OCH3 is 1. The van der Waals surface area contributed by atoms with Crippen LogP contribution in [0.5, 0.6) is 5.75 Å². The SMILES string of the molecule is COc1ccc(CNCc2cccc(CCO)c2)cc1. The highest BCUT2D eigenvalue weighted by molar-refractivity contribution is 5.27. The normalized spacial score (nSPS) is 10.5. The van der Waals surface area contributed by atoms with Gasteiger partial charge in [0.15, 0.2) is 0 Å². The maximum absolute atomic E-state index is 8.95. The van der Waals surface area contributed by atoms with E-state index in [1.807, 2.05) is 24.3 Å². The Hall–Kier alpha value is -1.84. The standard InChI is InChI=1S/C17H21NO2/c1-20-17-7-5-15(6-8-17)12-18-13-16-4-2-3-14(11-16)9-10-19/h2-8,11,18-19H,9-10,12-13H2,1H3. The summed E-state index contributed by atoms with van der Waals surface area (Å²) in [6, 6.07) is 16.4. The number of rotatable bonds is 7. The quantitative estimate of drug-likeness (QED) is 0.813. The molecule has 0 fully saturated rings. The van der Waals surface area contributed by atoms with Crippen LogP contribution in [-0.4, -0.2) is 18.8 Å². The molecule has 2 N–H and O–H groups in total. The van der Waals surface area contributed by atoms with E-state index >= 15 is 0 Å². The predicted octanol–water partition coefficient (Wildman–Crippen LogP) is 2.52. The summed E-state index contributed by atoms with van der Waals surface area (Å²) >= 11 is 0. The van der Waals surface area contributed by atoms with Crippen LogP contribution in [0.1, 0.15) is 16.7 Å². The second kappa shape index (κ2) is 7.68. The molecule has 0 unspecified atom stereocenters. The fourth-order valence-electron chi connectivity index (χ4n) is 2.12. The molecule has 106 valence electrons. The molecule has 0 atom stereocenters. The third kappa shape index (κ3) is 4.37. The van der Waals surface area contributed by atoms with Gasteiger partial charge < -0.3 is 15.2 Å². The van der Waals surface area contributed by atoms with Gasteiger partial charge in [0.25, 0.3) is 0 Å². The molecule has 3 nitrogen and oxygen atoms in total. The third-order valence-electron chi connectivity index (χ3n) is 3.21. The molecular weight excluding hydrogens is 250 g/mol. The van der Waals surface area contributed by atoms with Gasteiger partial charge in [-0.05, 0) is 35.2 Å². The maximum atomic E-state index is 8.95. The van der Waals surface area contributed by atoms with Crippen molar-refractivity contribution in [2.45, 2.75) is 19.5 Å². The highest BCUT2D eigenvalue weighted by atomic mass is 16.5. The molecule has 0 bridgehead atoms. The number of aliphatic hydroxyl groups excluding tert-OH is 1. The number of hydrogen-bond acceptors (Lipinski definition) is 3. The Labute approximate surface area is 120 Å². The molecule has 0 amide bonds. The summed E-state index contributed by atoms with van der Waals surface area (Å²) in [6.07, 6.45) is 0.715. The molecule has 0 aliphatic heterocycles. The Morgan fingerprint density at radius 2 is 1.65 bits per heavy atom. The van der Waals surface area contributed by atoms with Crippen molar-refractivity contribution in [2.24, 2.45) is 0 Å². The first kappa shape index (κ1) is 14.6. The van der Waals surface area contributed by atoms with Crippen LogP contribution < -0.4 is 10.1 Å². The number of aliphatic hydroxyl groups is 1. The lowest BCUT2D eigenvalue weighted by molar-refractivity contribution is 0.299. The molecule has 2 rings (SSSR count). The Balaban J connectivity index is 1.84. The van der Waals surface area contributed by atoms with E-state index in [9.17, 15) is 0 Å². The van der Waals surface area contributed by atoms with Gasteiger partial charge in [0.2, 0.25) is 0 Å². The highest BCUT2D eigenvalue weighted by Crippen LogP contribution is 2.11. The summed E-state index contributed by atoms with van der Waals surface area (Å²) in [5.41, 5.74) is 3.65. The summed E-state index contributed by atoms with van der Waals surface area (Å²) in [6.45, 7) is 1.85. The molecule has 0 aliphatic rings. The lowest BCUT2D eigenvalue weighted by Crippen LogP contribution is -2.12. The number of ether oxygens (including phenoxy) is 1. The molecule has 0 heterocycles. The Morgan fingerprint density at radius 1 is 0.950 bits per heavy atom. The molecule has 0 saturated carbocycles. The molecule has 0 radical (unpaired) electrons. The molecule has 3 heteroatoms. The number of nitrogens with one attached hydrogen (secondary N) is 1. The van der Waals surface area contributed by atoms with Gasteiger partial charge in [0.05, 0.1) is 7.11 Å². The first-order valence-corrected chi connectivity index (χ1v) is 6.84. The molecule has 0 saturated heterocycles. The zero-order chi connectivity index (χ0) is 14.2. The largest absolute Gasteiger partial charge is 0.497 e. The molecule has 0 aromatic heterocycles. The van der Waals surface area contributed by atoms with Crippen molar-refractivity contribution < 1.29 is 9.84 Å². The molecule has 20 heavy (non-hydrogen) atoms. The Bertz CT molecular complexity index is 523. The van der Waals surface area contributed by atoms with Gasteiger partial charge in [-0.1, -0.05) is 36.4 Å². The van der Waals surface area contributed by atoms with Crippen molar-refractivity contribution in [3.8, 4) is 5.75 Å². The topological polar surface area (TPSA) is 41.5 Å². The zero-order valence-corrected chi connectivity index (χ0v) is 11.8. The predicted molar refractivity (Wildman–Crippen MR) is 80.8 cm³/mol. The van der Waals surface area contributed by atoms with Crippen molar-refractivity contribution in [2.75, 3.05) is 13.7 Å². The Kier molecular flexibility index (Phi) is 5.59. The van der Waals surface area contributed by atoms with Gasteiger partial charge >= 0.3 is 0 Å². The molecule has 0 spiro atoms. The summed E-state index contributed by atoms with van der Waals surface area (Å²) in [4.78, 5) is 0. The molecule has 2 aromatic carbocycles. The van der Waals surface area contributed by atoms with E-state index in [-0.39, 0.29) is 6.61 Å². The lowest BCUT2D eigenvalue weighted by atomic mass is 10.1. The second-order valence-corrected chi connectivity index (χ2v) is 4.75. The van der Waals surface area contributed by atoms with Gasteiger partial charge in [0, 0.05) is 19.7 Å². The van der Waals surface area contributed by atoms with Crippen molar-refractivity contribution in [3.63, 3.8) is 0 Å². The fraction of sp³-hybridized carbons (Fsp3) is 0.294. The van der Waals surface area contributed by atoms with Crippen LogP contribution in [0.2, 0.25) is 0 Å². The molecular formula is C17H21NO2. The van der Waals surface area contributed by atoms with Crippen LogP contribution in [-0.2, 0) is 19.5 Å². The first-order valence-electron chi connectivity index (χ1n) is 6.84. The summed E-state index contributed by atoms with van der Waals surface area (Å²) < 4.78 is 5.14. The van der Waals surface area contributed by atoms with Gasteiger partial charge in [0.1, 0.15) is 5.75 Å². The summed E-state index contributed by atoms with van der Waals surface area (Å²) in [5.74, 6) is 0.880. The van der Waals surface area contributed by atoms with Gasteiger partial charge in [-0.3, -0.25) is 0 Å². The van der Waals surface area contributed by atoms with Crippen LogP contribution >= 0.6 is 0 Å². The highest BCUT2D eigenvalue weighted by Gasteiger charge is 1.97. The van der Waals surface area contributed by atoms with Gasteiger partial charge in [-0.2, -0.15) is 0 Å². The van der Waals surface area contributed by atoms with Crippen molar-refractivity contribution in [1.82, 2.24) is 5.32 Å².